The van der Waals surface area contributed by atoms with Crippen molar-refractivity contribution in [1.29, 1.82) is 0 Å². The van der Waals surface area contributed by atoms with Gasteiger partial charge in [0.25, 0.3) is 0 Å². The Morgan fingerprint density at radius 2 is 2.33 bits per heavy atom. The van der Waals surface area contributed by atoms with Gasteiger partial charge in [0.05, 0.1) is 6.10 Å². The van der Waals surface area contributed by atoms with Gasteiger partial charge in [-0.3, -0.25) is 4.98 Å². The van der Waals surface area contributed by atoms with E-state index in [1.165, 1.54) is 0 Å². The first-order valence-corrected chi connectivity index (χ1v) is 4.41. The highest BCUT2D eigenvalue weighted by atomic mass is 16.3. The van der Waals surface area contributed by atoms with Gasteiger partial charge in [0.2, 0.25) is 0 Å². The first-order valence-electron chi connectivity index (χ1n) is 4.41. The van der Waals surface area contributed by atoms with Gasteiger partial charge in [0.15, 0.2) is 0 Å². The lowest BCUT2D eigenvalue weighted by molar-refractivity contribution is 0.163. The maximum Gasteiger partial charge on any atom is 0.0595 e. The summed E-state index contributed by atoms with van der Waals surface area (Å²) in [6, 6.07) is 5.77. The number of aliphatic hydroxyl groups is 1. The first-order chi connectivity index (χ1) is 5.83. The number of pyridine rings is 1. The molecule has 1 heterocycles. The molecule has 66 valence electrons. The molecule has 0 radical (unpaired) electrons. The Bertz CT molecular complexity index is 210. The highest BCUT2D eigenvalue weighted by Gasteiger charge is 2.03. The van der Waals surface area contributed by atoms with Crippen LogP contribution >= 0.6 is 0 Å². The number of aliphatic hydroxyl groups excluding tert-OH is 1. The van der Waals surface area contributed by atoms with Crippen LogP contribution in [0.1, 0.15) is 25.5 Å². The Morgan fingerprint density at radius 3 is 2.92 bits per heavy atom. The van der Waals surface area contributed by atoms with Crippen LogP contribution in [0.4, 0.5) is 0 Å². The zero-order chi connectivity index (χ0) is 8.81. The second-order valence-electron chi connectivity index (χ2n) is 2.97. The average Bonchev–Trinajstić information content (AvgIpc) is 2.06. The SMILES string of the molecule is CCC[C@H](O)Cc1ccccn1. The summed E-state index contributed by atoms with van der Waals surface area (Å²) in [4.78, 5) is 4.14. The topological polar surface area (TPSA) is 33.1 Å². The van der Waals surface area contributed by atoms with Crippen molar-refractivity contribution in [3.63, 3.8) is 0 Å². The van der Waals surface area contributed by atoms with Crippen molar-refractivity contribution in [3.8, 4) is 0 Å². The van der Waals surface area contributed by atoms with Gasteiger partial charge in [-0.25, -0.2) is 0 Å². The zero-order valence-corrected chi connectivity index (χ0v) is 7.40. The molecule has 0 aromatic carbocycles. The van der Waals surface area contributed by atoms with Crippen molar-refractivity contribution in [3.05, 3.63) is 30.1 Å². The molecule has 1 atom stereocenters. The third kappa shape index (κ3) is 3.01. The standard InChI is InChI=1S/C10H15NO/c1-2-5-10(12)8-9-6-3-4-7-11-9/h3-4,6-7,10,12H,2,5,8H2,1H3/t10-/m0/s1. The van der Waals surface area contributed by atoms with Crippen LogP contribution in [-0.2, 0) is 6.42 Å². The number of hydrogen-bond donors (Lipinski definition) is 1. The van der Waals surface area contributed by atoms with Crippen molar-refractivity contribution in [2.45, 2.75) is 32.3 Å². The third-order valence-corrected chi connectivity index (χ3v) is 1.79. The lowest BCUT2D eigenvalue weighted by Gasteiger charge is -2.07. The molecule has 0 spiro atoms. The Labute approximate surface area is 73.3 Å². The molecule has 0 saturated carbocycles. The van der Waals surface area contributed by atoms with Crippen molar-refractivity contribution in [2.24, 2.45) is 0 Å². The molecule has 2 heteroatoms. The number of hydrogen-bond acceptors (Lipinski definition) is 2. The molecule has 0 saturated heterocycles. The second-order valence-corrected chi connectivity index (χ2v) is 2.97. The Hall–Kier alpha value is -0.890. The molecule has 0 unspecified atom stereocenters. The smallest absolute Gasteiger partial charge is 0.0595 e. The van der Waals surface area contributed by atoms with Gasteiger partial charge in [0.1, 0.15) is 0 Å². The van der Waals surface area contributed by atoms with E-state index in [0.29, 0.717) is 6.42 Å². The summed E-state index contributed by atoms with van der Waals surface area (Å²) in [5.41, 5.74) is 0.971. The maximum atomic E-state index is 9.46. The van der Waals surface area contributed by atoms with Crippen LogP contribution in [0.15, 0.2) is 24.4 Å². The quantitative estimate of drug-likeness (QED) is 0.737. The average molecular weight is 165 g/mol. The zero-order valence-electron chi connectivity index (χ0n) is 7.40. The van der Waals surface area contributed by atoms with E-state index in [9.17, 15) is 5.11 Å². The van der Waals surface area contributed by atoms with Crippen molar-refractivity contribution in [1.82, 2.24) is 4.98 Å². The fourth-order valence-electron chi connectivity index (χ4n) is 1.20. The van der Waals surface area contributed by atoms with E-state index in [4.69, 9.17) is 0 Å². The molecule has 1 N–H and O–H groups in total. The molecule has 0 fully saturated rings. The molecule has 0 bridgehead atoms. The normalized spacial score (nSPS) is 12.8. The highest BCUT2D eigenvalue weighted by Crippen LogP contribution is 2.03. The van der Waals surface area contributed by atoms with E-state index in [-0.39, 0.29) is 6.10 Å². The van der Waals surface area contributed by atoms with Gasteiger partial charge in [0, 0.05) is 18.3 Å². The monoisotopic (exact) mass is 165 g/mol. The summed E-state index contributed by atoms with van der Waals surface area (Å²) in [6.07, 6.45) is 4.08. The predicted molar refractivity (Wildman–Crippen MR) is 48.9 cm³/mol. The van der Waals surface area contributed by atoms with E-state index in [0.717, 1.165) is 18.5 Å². The Morgan fingerprint density at radius 1 is 1.50 bits per heavy atom. The first kappa shape index (κ1) is 9.20. The summed E-state index contributed by atoms with van der Waals surface area (Å²) in [5, 5.41) is 9.46. The van der Waals surface area contributed by atoms with Crippen molar-refractivity contribution < 1.29 is 5.11 Å². The lowest BCUT2D eigenvalue weighted by atomic mass is 10.1. The van der Waals surface area contributed by atoms with Gasteiger partial charge >= 0.3 is 0 Å². The van der Waals surface area contributed by atoms with Crippen LogP contribution in [0.5, 0.6) is 0 Å². The van der Waals surface area contributed by atoms with Gasteiger partial charge in [-0.15, -0.1) is 0 Å². The molecular weight excluding hydrogens is 150 g/mol. The van der Waals surface area contributed by atoms with E-state index < -0.39 is 0 Å². The van der Waals surface area contributed by atoms with Gasteiger partial charge in [-0.05, 0) is 18.6 Å². The lowest BCUT2D eigenvalue weighted by Crippen LogP contribution is -2.10. The molecular formula is C10H15NO. The molecule has 12 heavy (non-hydrogen) atoms. The summed E-state index contributed by atoms with van der Waals surface area (Å²) >= 11 is 0. The fourth-order valence-corrected chi connectivity index (χ4v) is 1.20. The molecule has 1 rings (SSSR count). The van der Waals surface area contributed by atoms with Crippen LogP contribution in [-0.4, -0.2) is 16.2 Å². The molecule has 2 nitrogen and oxygen atoms in total. The minimum absolute atomic E-state index is 0.232. The molecule has 0 aliphatic carbocycles. The van der Waals surface area contributed by atoms with E-state index in [1.807, 2.05) is 18.2 Å². The molecule has 0 aliphatic heterocycles. The van der Waals surface area contributed by atoms with E-state index in [1.54, 1.807) is 6.20 Å². The van der Waals surface area contributed by atoms with Gasteiger partial charge in [-0.2, -0.15) is 0 Å². The van der Waals surface area contributed by atoms with Crippen LogP contribution in [0, 0.1) is 0 Å². The molecule has 1 aromatic heterocycles. The van der Waals surface area contributed by atoms with E-state index in [2.05, 4.69) is 11.9 Å². The summed E-state index contributed by atoms with van der Waals surface area (Å²) in [5.74, 6) is 0. The van der Waals surface area contributed by atoms with Crippen molar-refractivity contribution in [2.75, 3.05) is 0 Å². The molecule has 0 amide bonds. The Kier molecular flexibility index (Phi) is 3.74. The van der Waals surface area contributed by atoms with Crippen LogP contribution in [0.3, 0.4) is 0 Å². The number of aromatic nitrogens is 1. The van der Waals surface area contributed by atoms with Crippen LogP contribution in [0.2, 0.25) is 0 Å². The maximum absolute atomic E-state index is 9.46. The van der Waals surface area contributed by atoms with Gasteiger partial charge in [-0.1, -0.05) is 19.4 Å². The van der Waals surface area contributed by atoms with Crippen LogP contribution in [0.25, 0.3) is 0 Å². The molecule has 1 aromatic rings. The Balaban J connectivity index is 2.41. The minimum Gasteiger partial charge on any atom is -0.393 e. The molecule has 0 aliphatic rings. The number of nitrogens with zero attached hydrogens (tertiary/aromatic N) is 1. The van der Waals surface area contributed by atoms with E-state index >= 15 is 0 Å². The third-order valence-electron chi connectivity index (χ3n) is 1.79. The van der Waals surface area contributed by atoms with Crippen LogP contribution < -0.4 is 0 Å². The summed E-state index contributed by atoms with van der Waals surface area (Å²) in [7, 11) is 0. The fraction of sp³-hybridized carbons (Fsp3) is 0.500. The number of rotatable bonds is 4. The summed E-state index contributed by atoms with van der Waals surface area (Å²) < 4.78 is 0. The van der Waals surface area contributed by atoms with Crippen molar-refractivity contribution >= 4 is 0 Å². The highest BCUT2D eigenvalue weighted by molar-refractivity contribution is 5.04. The largest absolute Gasteiger partial charge is 0.393 e. The van der Waals surface area contributed by atoms with Gasteiger partial charge < -0.3 is 5.11 Å². The summed E-state index contributed by atoms with van der Waals surface area (Å²) in [6.45, 7) is 2.07. The minimum atomic E-state index is -0.232. The predicted octanol–water partition coefficient (Wildman–Crippen LogP) is 1.79. The second kappa shape index (κ2) is 4.88.